The lowest BCUT2D eigenvalue weighted by molar-refractivity contribution is 0.218. The molecular formula is C14H19N3O4S. The number of rotatable bonds is 3. The maximum absolute atomic E-state index is 12.7. The van der Waals surface area contributed by atoms with Crippen LogP contribution in [0.1, 0.15) is 12.0 Å². The van der Waals surface area contributed by atoms with Crippen LogP contribution in [-0.2, 0) is 16.6 Å². The molecule has 8 heteroatoms. The van der Waals surface area contributed by atoms with E-state index in [1.54, 1.807) is 19.2 Å². The first kappa shape index (κ1) is 15.3. The Morgan fingerprint density at radius 3 is 2.86 bits per heavy atom. The van der Waals surface area contributed by atoms with Crippen LogP contribution in [-0.4, -0.2) is 55.5 Å². The first-order valence-corrected chi connectivity index (χ1v) is 8.62. The highest BCUT2D eigenvalue weighted by molar-refractivity contribution is 7.89. The summed E-state index contributed by atoms with van der Waals surface area (Å²) in [5.41, 5.74) is 1.43. The standard InChI is InChI=1S/C14H19N3O4S/c1-16-8-11-6-12(2-3-13(11)15-14(16)19)22(20,21)17-5-4-10(7-17)9-18/h2-3,6,10,18H,4-5,7-9H2,1H3,(H,15,19). The number of hydrogen-bond acceptors (Lipinski definition) is 4. The molecule has 1 aromatic rings. The number of aliphatic hydroxyl groups is 1. The summed E-state index contributed by atoms with van der Waals surface area (Å²) in [6, 6.07) is 4.57. The van der Waals surface area contributed by atoms with Crippen molar-refractivity contribution in [2.45, 2.75) is 17.9 Å². The molecule has 0 radical (unpaired) electrons. The van der Waals surface area contributed by atoms with Crippen LogP contribution in [0.3, 0.4) is 0 Å². The van der Waals surface area contributed by atoms with Crippen molar-refractivity contribution >= 4 is 21.7 Å². The van der Waals surface area contributed by atoms with Gasteiger partial charge in [-0.05, 0) is 36.1 Å². The van der Waals surface area contributed by atoms with Crippen molar-refractivity contribution in [1.29, 1.82) is 0 Å². The average molecular weight is 325 g/mol. The third-order valence-corrected chi connectivity index (χ3v) is 6.08. The van der Waals surface area contributed by atoms with Crippen LogP contribution >= 0.6 is 0 Å². The van der Waals surface area contributed by atoms with Crippen LogP contribution in [0.25, 0.3) is 0 Å². The maximum atomic E-state index is 12.7. The predicted octanol–water partition coefficient (Wildman–Crippen LogP) is 0.667. The molecule has 3 rings (SSSR count). The van der Waals surface area contributed by atoms with Gasteiger partial charge < -0.3 is 15.3 Å². The van der Waals surface area contributed by atoms with Crippen LogP contribution in [0.2, 0.25) is 0 Å². The highest BCUT2D eigenvalue weighted by atomic mass is 32.2. The van der Waals surface area contributed by atoms with Gasteiger partial charge in [-0.1, -0.05) is 0 Å². The molecule has 2 aliphatic rings. The van der Waals surface area contributed by atoms with Gasteiger partial charge in [0.2, 0.25) is 10.0 Å². The highest BCUT2D eigenvalue weighted by Crippen LogP contribution is 2.29. The fourth-order valence-corrected chi connectivity index (χ4v) is 4.42. The lowest BCUT2D eigenvalue weighted by atomic mass is 10.1. The van der Waals surface area contributed by atoms with Crippen molar-refractivity contribution in [3.8, 4) is 0 Å². The zero-order valence-electron chi connectivity index (χ0n) is 12.3. The van der Waals surface area contributed by atoms with Gasteiger partial charge in [-0.15, -0.1) is 0 Å². The van der Waals surface area contributed by atoms with Gasteiger partial charge in [-0.3, -0.25) is 0 Å². The molecular weight excluding hydrogens is 306 g/mol. The van der Waals surface area contributed by atoms with Crippen molar-refractivity contribution in [2.75, 3.05) is 32.1 Å². The lowest BCUT2D eigenvalue weighted by Crippen LogP contribution is -2.35. The number of nitrogens with one attached hydrogen (secondary N) is 1. The van der Waals surface area contributed by atoms with Gasteiger partial charge in [-0.2, -0.15) is 4.31 Å². The number of aliphatic hydroxyl groups excluding tert-OH is 1. The monoisotopic (exact) mass is 325 g/mol. The Bertz CT molecular complexity index is 704. The molecule has 22 heavy (non-hydrogen) atoms. The van der Waals surface area contributed by atoms with Crippen molar-refractivity contribution in [2.24, 2.45) is 5.92 Å². The van der Waals surface area contributed by atoms with E-state index in [9.17, 15) is 13.2 Å². The zero-order chi connectivity index (χ0) is 15.9. The van der Waals surface area contributed by atoms with E-state index in [-0.39, 0.29) is 23.5 Å². The molecule has 1 atom stereocenters. The topological polar surface area (TPSA) is 90.0 Å². The third kappa shape index (κ3) is 2.57. The molecule has 1 aromatic carbocycles. The van der Waals surface area contributed by atoms with E-state index in [4.69, 9.17) is 5.11 Å². The number of sulfonamides is 1. The number of benzene rings is 1. The average Bonchev–Trinajstić information content (AvgIpc) is 2.97. The molecule has 1 unspecified atom stereocenters. The second-order valence-corrected chi connectivity index (χ2v) is 7.74. The number of fused-ring (bicyclic) bond motifs is 1. The van der Waals surface area contributed by atoms with Gasteiger partial charge in [0.15, 0.2) is 0 Å². The highest BCUT2D eigenvalue weighted by Gasteiger charge is 2.33. The first-order valence-electron chi connectivity index (χ1n) is 7.18. The van der Waals surface area contributed by atoms with E-state index in [2.05, 4.69) is 5.32 Å². The molecule has 1 fully saturated rings. The summed E-state index contributed by atoms with van der Waals surface area (Å²) in [7, 11) is -1.90. The Morgan fingerprint density at radius 1 is 1.41 bits per heavy atom. The van der Waals surface area contributed by atoms with Crippen molar-refractivity contribution in [3.63, 3.8) is 0 Å². The molecule has 2 amide bonds. The molecule has 2 aliphatic heterocycles. The van der Waals surface area contributed by atoms with E-state index in [1.807, 2.05) is 0 Å². The fourth-order valence-electron chi connectivity index (χ4n) is 2.83. The van der Waals surface area contributed by atoms with Gasteiger partial charge >= 0.3 is 6.03 Å². The molecule has 0 aromatic heterocycles. The predicted molar refractivity (Wildman–Crippen MR) is 80.9 cm³/mol. The summed E-state index contributed by atoms with van der Waals surface area (Å²) in [4.78, 5) is 13.3. The Morgan fingerprint density at radius 2 is 2.18 bits per heavy atom. The van der Waals surface area contributed by atoms with Crippen LogP contribution in [0, 0.1) is 5.92 Å². The Labute approximate surface area is 129 Å². The molecule has 2 heterocycles. The van der Waals surface area contributed by atoms with E-state index >= 15 is 0 Å². The number of carbonyl (C=O) groups excluding carboxylic acids is 1. The molecule has 120 valence electrons. The zero-order valence-corrected chi connectivity index (χ0v) is 13.1. The van der Waals surface area contributed by atoms with Gasteiger partial charge in [-0.25, -0.2) is 13.2 Å². The fraction of sp³-hybridized carbons (Fsp3) is 0.500. The SMILES string of the molecule is CN1Cc2cc(S(=O)(=O)N3CCC(CO)C3)ccc2NC1=O. The number of urea groups is 1. The number of hydrogen-bond donors (Lipinski definition) is 2. The normalized spacial score (nSPS) is 22.5. The summed E-state index contributed by atoms with van der Waals surface area (Å²) in [6.45, 7) is 1.17. The van der Waals surface area contributed by atoms with Crippen LogP contribution in [0.15, 0.2) is 23.1 Å². The largest absolute Gasteiger partial charge is 0.396 e. The molecule has 1 saturated heterocycles. The van der Waals surface area contributed by atoms with Gasteiger partial charge in [0.25, 0.3) is 0 Å². The van der Waals surface area contributed by atoms with Gasteiger partial charge in [0.1, 0.15) is 0 Å². The molecule has 0 bridgehead atoms. The number of anilines is 1. The van der Waals surface area contributed by atoms with E-state index in [1.165, 1.54) is 15.3 Å². The van der Waals surface area contributed by atoms with Gasteiger partial charge in [0.05, 0.1) is 4.90 Å². The minimum absolute atomic E-state index is 0.00698. The van der Waals surface area contributed by atoms with Gasteiger partial charge in [0, 0.05) is 39.0 Å². The maximum Gasteiger partial charge on any atom is 0.321 e. The van der Waals surface area contributed by atoms with E-state index < -0.39 is 10.0 Å². The quantitative estimate of drug-likeness (QED) is 0.854. The summed E-state index contributed by atoms with van der Waals surface area (Å²) < 4.78 is 26.8. The minimum Gasteiger partial charge on any atom is -0.396 e. The third-order valence-electron chi connectivity index (χ3n) is 4.22. The summed E-state index contributed by atoms with van der Waals surface area (Å²) in [5, 5.41) is 11.9. The summed E-state index contributed by atoms with van der Waals surface area (Å²) in [5.74, 6) is 0.0119. The minimum atomic E-state index is -3.56. The molecule has 7 nitrogen and oxygen atoms in total. The Kier molecular flexibility index (Phi) is 3.84. The number of nitrogens with zero attached hydrogens (tertiary/aromatic N) is 2. The Hall–Kier alpha value is -1.64. The molecule has 0 spiro atoms. The number of amides is 2. The summed E-state index contributed by atoms with van der Waals surface area (Å²) >= 11 is 0. The molecule has 0 saturated carbocycles. The smallest absolute Gasteiger partial charge is 0.321 e. The van der Waals surface area contributed by atoms with Crippen LogP contribution < -0.4 is 5.32 Å². The van der Waals surface area contributed by atoms with Crippen LogP contribution in [0.4, 0.5) is 10.5 Å². The second-order valence-electron chi connectivity index (χ2n) is 5.81. The second kappa shape index (κ2) is 5.53. The lowest BCUT2D eigenvalue weighted by Gasteiger charge is -2.26. The van der Waals surface area contributed by atoms with Crippen molar-refractivity contribution < 1.29 is 18.3 Å². The van der Waals surface area contributed by atoms with E-state index in [0.717, 1.165) is 5.56 Å². The molecule has 0 aliphatic carbocycles. The Balaban J connectivity index is 1.89. The van der Waals surface area contributed by atoms with Crippen LogP contribution in [0.5, 0.6) is 0 Å². The first-order chi connectivity index (χ1) is 10.4. The van der Waals surface area contributed by atoms with Crippen molar-refractivity contribution in [1.82, 2.24) is 9.21 Å². The number of carbonyl (C=O) groups is 1. The van der Waals surface area contributed by atoms with Crippen molar-refractivity contribution in [3.05, 3.63) is 23.8 Å². The summed E-state index contributed by atoms with van der Waals surface area (Å²) in [6.07, 6.45) is 0.680. The molecule has 2 N–H and O–H groups in total. The van der Waals surface area contributed by atoms with E-state index in [0.29, 0.717) is 31.7 Å².